The van der Waals surface area contributed by atoms with Crippen LogP contribution in [0.2, 0.25) is 0 Å². The molecule has 6 heteroatoms. The predicted molar refractivity (Wildman–Crippen MR) is 105 cm³/mol. The summed E-state index contributed by atoms with van der Waals surface area (Å²) < 4.78 is 16.0. The van der Waals surface area contributed by atoms with Crippen LogP contribution in [0.25, 0.3) is 0 Å². The third kappa shape index (κ3) is 5.26. The van der Waals surface area contributed by atoms with Crippen molar-refractivity contribution in [3.63, 3.8) is 0 Å². The van der Waals surface area contributed by atoms with Gasteiger partial charge in [-0.15, -0.1) is 0 Å². The molecular weight excluding hydrogens is 336 g/mol. The number of thiocarbonyl (C=S) groups is 1. The zero-order valence-electron chi connectivity index (χ0n) is 15.0. The minimum atomic E-state index is 0.0555. The summed E-state index contributed by atoms with van der Waals surface area (Å²) >= 11 is 5.41. The fourth-order valence-corrected chi connectivity index (χ4v) is 2.65. The number of benzene rings is 2. The van der Waals surface area contributed by atoms with Crippen LogP contribution in [0.1, 0.15) is 25.5 Å². The first-order valence-corrected chi connectivity index (χ1v) is 8.50. The van der Waals surface area contributed by atoms with E-state index in [1.807, 2.05) is 43.3 Å². The lowest BCUT2D eigenvalue weighted by atomic mass is 10.1. The summed E-state index contributed by atoms with van der Waals surface area (Å²) in [6.07, 6.45) is 0. The van der Waals surface area contributed by atoms with E-state index in [0.29, 0.717) is 17.5 Å². The molecule has 0 heterocycles. The van der Waals surface area contributed by atoms with Crippen LogP contribution in [-0.2, 0) is 0 Å². The van der Waals surface area contributed by atoms with E-state index in [2.05, 4.69) is 17.6 Å². The zero-order valence-corrected chi connectivity index (χ0v) is 15.8. The molecule has 25 heavy (non-hydrogen) atoms. The van der Waals surface area contributed by atoms with Crippen LogP contribution in [-0.4, -0.2) is 25.9 Å². The van der Waals surface area contributed by atoms with Crippen LogP contribution in [0.15, 0.2) is 42.5 Å². The van der Waals surface area contributed by atoms with E-state index >= 15 is 0 Å². The monoisotopic (exact) mass is 360 g/mol. The van der Waals surface area contributed by atoms with Gasteiger partial charge in [0.15, 0.2) is 5.11 Å². The molecule has 2 aromatic rings. The van der Waals surface area contributed by atoms with E-state index in [-0.39, 0.29) is 6.04 Å². The first-order valence-electron chi connectivity index (χ1n) is 8.09. The molecule has 2 N–H and O–H groups in total. The topological polar surface area (TPSA) is 51.8 Å². The molecule has 0 saturated heterocycles. The quantitative estimate of drug-likeness (QED) is 0.724. The second-order valence-electron chi connectivity index (χ2n) is 5.39. The Morgan fingerprint density at radius 1 is 1.04 bits per heavy atom. The van der Waals surface area contributed by atoms with Gasteiger partial charge in [-0.3, -0.25) is 0 Å². The Kier molecular flexibility index (Phi) is 6.89. The molecule has 134 valence electrons. The molecule has 2 rings (SSSR count). The number of ether oxygens (including phenoxy) is 3. The number of hydrogen-bond acceptors (Lipinski definition) is 4. The molecule has 0 aromatic heterocycles. The van der Waals surface area contributed by atoms with Crippen LogP contribution in [0, 0.1) is 0 Å². The van der Waals surface area contributed by atoms with E-state index in [1.54, 1.807) is 20.3 Å². The van der Waals surface area contributed by atoms with E-state index in [0.717, 1.165) is 22.7 Å². The Morgan fingerprint density at radius 3 is 2.32 bits per heavy atom. The summed E-state index contributed by atoms with van der Waals surface area (Å²) in [6.45, 7) is 4.68. The average molecular weight is 360 g/mol. The highest BCUT2D eigenvalue weighted by Crippen LogP contribution is 2.29. The number of anilines is 1. The van der Waals surface area contributed by atoms with Crippen LogP contribution in [0.5, 0.6) is 17.2 Å². The number of rotatable bonds is 7. The summed E-state index contributed by atoms with van der Waals surface area (Å²) in [4.78, 5) is 0. The molecule has 2 aromatic carbocycles. The Balaban J connectivity index is 1.99. The van der Waals surface area contributed by atoms with E-state index in [1.165, 1.54) is 0 Å². The smallest absolute Gasteiger partial charge is 0.171 e. The van der Waals surface area contributed by atoms with E-state index in [9.17, 15) is 0 Å². The van der Waals surface area contributed by atoms with Crippen molar-refractivity contribution >= 4 is 23.0 Å². The first-order chi connectivity index (χ1) is 12.1. The van der Waals surface area contributed by atoms with Crippen molar-refractivity contribution in [1.82, 2.24) is 5.32 Å². The van der Waals surface area contributed by atoms with Crippen LogP contribution >= 0.6 is 12.2 Å². The van der Waals surface area contributed by atoms with Crippen LogP contribution in [0.3, 0.4) is 0 Å². The maximum absolute atomic E-state index is 5.46. The molecule has 0 aliphatic carbocycles. The highest BCUT2D eigenvalue weighted by Gasteiger charge is 2.10. The Bertz CT molecular complexity index is 704. The lowest BCUT2D eigenvalue weighted by Gasteiger charge is -2.19. The second-order valence-corrected chi connectivity index (χ2v) is 5.80. The van der Waals surface area contributed by atoms with Gasteiger partial charge in [0.25, 0.3) is 0 Å². The lowest BCUT2D eigenvalue weighted by molar-refractivity contribution is 0.340. The fourth-order valence-electron chi connectivity index (χ4n) is 2.36. The molecule has 0 spiro atoms. The predicted octanol–water partition coefficient (Wildman–Crippen LogP) is 4.15. The Morgan fingerprint density at radius 2 is 1.72 bits per heavy atom. The molecule has 0 aliphatic rings. The van der Waals surface area contributed by atoms with Gasteiger partial charge in [-0.1, -0.05) is 12.1 Å². The van der Waals surface area contributed by atoms with Crippen LogP contribution < -0.4 is 24.8 Å². The molecule has 0 aliphatic heterocycles. The first kappa shape index (κ1) is 18.9. The SMILES string of the molecule is CCOc1ccc(C(C)NC(=S)Nc2ccc(OC)cc2OC)cc1. The molecule has 0 fully saturated rings. The minimum Gasteiger partial charge on any atom is -0.497 e. The van der Waals surface area contributed by atoms with Crippen molar-refractivity contribution in [2.45, 2.75) is 19.9 Å². The third-order valence-corrected chi connectivity index (χ3v) is 3.92. The fraction of sp³-hybridized carbons (Fsp3) is 0.316. The van der Waals surface area contributed by atoms with E-state index in [4.69, 9.17) is 26.4 Å². The lowest BCUT2D eigenvalue weighted by Crippen LogP contribution is -2.31. The largest absolute Gasteiger partial charge is 0.497 e. The van der Waals surface area contributed by atoms with Gasteiger partial charge in [0.1, 0.15) is 17.2 Å². The normalized spacial score (nSPS) is 11.4. The van der Waals surface area contributed by atoms with Gasteiger partial charge in [0.05, 0.1) is 32.6 Å². The number of hydrogen-bond donors (Lipinski definition) is 2. The Hall–Kier alpha value is -2.47. The maximum atomic E-state index is 5.46. The van der Waals surface area contributed by atoms with Gasteiger partial charge >= 0.3 is 0 Å². The third-order valence-electron chi connectivity index (χ3n) is 3.70. The molecule has 0 radical (unpaired) electrons. The molecule has 1 unspecified atom stereocenters. The van der Waals surface area contributed by atoms with Crippen molar-refractivity contribution < 1.29 is 14.2 Å². The maximum Gasteiger partial charge on any atom is 0.171 e. The van der Waals surface area contributed by atoms with Crippen LogP contribution in [0.4, 0.5) is 5.69 Å². The van der Waals surface area contributed by atoms with Crippen molar-refractivity contribution in [3.05, 3.63) is 48.0 Å². The summed E-state index contributed by atoms with van der Waals surface area (Å²) in [5, 5.41) is 6.95. The number of methoxy groups -OCH3 is 2. The molecule has 0 saturated carbocycles. The van der Waals surface area contributed by atoms with Gasteiger partial charge in [0.2, 0.25) is 0 Å². The molecular formula is C19H24N2O3S. The highest BCUT2D eigenvalue weighted by molar-refractivity contribution is 7.80. The summed E-state index contributed by atoms with van der Waals surface area (Å²) in [5.74, 6) is 2.25. The van der Waals surface area contributed by atoms with Crippen molar-refractivity contribution in [2.75, 3.05) is 26.1 Å². The van der Waals surface area contributed by atoms with Crippen molar-refractivity contribution in [1.29, 1.82) is 0 Å². The summed E-state index contributed by atoms with van der Waals surface area (Å²) in [6, 6.07) is 13.6. The van der Waals surface area contributed by atoms with E-state index < -0.39 is 0 Å². The summed E-state index contributed by atoms with van der Waals surface area (Å²) in [5.41, 5.74) is 1.90. The zero-order chi connectivity index (χ0) is 18.2. The van der Waals surface area contributed by atoms with Gasteiger partial charge in [-0.2, -0.15) is 0 Å². The number of nitrogens with one attached hydrogen (secondary N) is 2. The minimum absolute atomic E-state index is 0.0555. The molecule has 5 nitrogen and oxygen atoms in total. The molecule has 0 bridgehead atoms. The Labute approximate surface area is 154 Å². The van der Waals surface area contributed by atoms with Gasteiger partial charge < -0.3 is 24.8 Å². The standard InChI is InChI=1S/C19H24N2O3S/c1-5-24-15-8-6-14(7-9-15)13(2)20-19(25)21-17-11-10-16(22-3)12-18(17)23-4/h6-13H,5H2,1-4H3,(H2,20,21,25). The molecule has 1 atom stereocenters. The summed E-state index contributed by atoms with van der Waals surface area (Å²) in [7, 11) is 3.23. The van der Waals surface area contributed by atoms with Gasteiger partial charge in [-0.05, 0) is 55.9 Å². The average Bonchev–Trinajstić information content (AvgIpc) is 2.62. The van der Waals surface area contributed by atoms with Crippen molar-refractivity contribution in [3.8, 4) is 17.2 Å². The van der Waals surface area contributed by atoms with Gasteiger partial charge in [0, 0.05) is 6.07 Å². The highest BCUT2D eigenvalue weighted by atomic mass is 32.1. The second kappa shape index (κ2) is 9.13. The van der Waals surface area contributed by atoms with Crippen molar-refractivity contribution in [2.24, 2.45) is 0 Å². The molecule has 0 amide bonds. The van der Waals surface area contributed by atoms with Gasteiger partial charge in [-0.25, -0.2) is 0 Å².